The fourth-order valence-electron chi connectivity index (χ4n) is 3.08. The van der Waals surface area contributed by atoms with Gasteiger partial charge < -0.3 is 14.4 Å². The van der Waals surface area contributed by atoms with Crippen molar-refractivity contribution in [1.29, 1.82) is 0 Å². The molecular weight excluding hydrogens is 362 g/mol. The molecule has 1 N–H and O–H groups in total. The summed E-state index contributed by atoms with van der Waals surface area (Å²) in [5.41, 5.74) is 1.20. The van der Waals surface area contributed by atoms with Crippen LogP contribution in [0.2, 0.25) is 0 Å². The fraction of sp³-hybridized carbons (Fsp3) is 0.389. The third-order valence-electron chi connectivity index (χ3n) is 4.87. The van der Waals surface area contributed by atoms with Crippen LogP contribution in [-0.4, -0.2) is 50.9 Å². The Balaban J connectivity index is 1.43. The Hall–Kier alpha value is -3.43. The molecule has 1 fully saturated rings. The zero-order valence-electron chi connectivity index (χ0n) is 15.9. The van der Waals surface area contributed by atoms with E-state index < -0.39 is 0 Å². The second-order valence-corrected chi connectivity index (χ2v) is 6.72. The average Bonchev–Trinajstić information content (AvgIpc) is 3.28. The van der Waals surface area contributed by atoms with Crippen molar-refractivity contribution in [3.8, 4) is 11.6 Å². The molecule has 0 saturated heterocycles. The molecule has 0 unspecified atom stereocenters. The molecule has 1 saturated carbocycles. The summed E-state index contributed by atoms with van der Waals surface area (Å²) in [4.78, 5) is 18.5. The van der Waals surface area contributed by atoms with Crippen molar-refractivity contribution in [2.75, 3.05) is 25.7 Å². The molecule has 1 aliphatic rings. The minimum Gasteiger partial charge on any atom is -0.495 e. The van der Waals surface area contributed by atoms with E-state index in [2.05, 4.69) is 25.5 Å². The van der Waals surface area contributed by atoms with Crippen LogP contribution in [0.1, 0.15) is 18.0 Å². The number of nitrogens with zero attached hydrogens (tertiary/aromatic N) is 6. The monoisotopic (exact) mass is 383 g/mol. The maximum Gasteiger partial charge on any atom is 0.290 e. The highest BCUT2D eigenvalue weighted by atomic mass is 16.5. The third-order valence-corrected chi connectivity index (χ3v) is 4.87. The largest absolute Gasteiger partial charge is 0.495 e. The van der Waals surface area contributed by atoms with Crippen molar-refractivity contribution < 1.29 is 9.47 Å². The van der Waals surface area contributed by atoms with Crippen LogP contribution in [0.15, 0.2) is 35.4 Å². The van der Waals surface area contributed by atoms with Crippen LogP contribution >= 0.6 is 0 Å². The van der Waals surface area contributed by atoms with Gasteiger partial charge in [0.1, 0.15) is 11.4 Å². The predicted octanol–water partition coefficient (Wildman–Crippen LogP) is 1.25. The summed E-state index contributed by atoms with van der Waals surface area (Å²) < 4.78 is 12.3. The summed E-state index contributed by atoms with van der Waals surface area (Å²) in [7, 11) is 4.96. The van der Waals surface area contributed by atoms with Gasteiger partial charge in [0, 0.05) is 37.7 Å². The smallest absolute Gasteiger partial charge is 0.290 e. The van der Waals surface area contributed by atoms with Crippen molar-refractivity contribution in [2.45, 2.75) is 12.3 Å². The standard InChI is InChI=1S/C18H21N7O3/c1-24(16-9-20-23-21-16)15-7-17(22-25(2)18(15)26)28-10-11-6-13(11)14-5-4-12(27-3)8-19-14/h4-5,7-9,11,13H,6,10H2,1-3H3,(H,20,21,23)/t11-,13+/m1/s1. The normalized spacial score (nSPS) is 18.0. The first-order valence-electron chi connectivity index (χ1n) is 8.88. The summed E-state index contributed by atoms with van der Waals surface area (Å²) in [6.07, 6.45) is 4.35. The van der Waals surface area contributed by atoms with E-state index in [1.54, 1.807) is 44.6 Å². The number of hydrogen-bond donors (Lipinski definition) is 1. The number of H-pyrrole nitrogens is 1. The molecule has 4 rings (SSSR count). The number of pyridine rings is 1. The molecule has 3 aromatic heterocycles. The minimum absolute atomic E-state index is 0.246. The van der Waals surface area contributed by atoms with Crippen LogP contribution in [0.5, 0.6) is 11.6 Å². The number of aromatic amines is 1. The average molecular weight is 383 g/mol. The number of methoxy groups -OCH3 is 1. The first kappa shape index (κ1) is 18.0. The van der Waals surface area contributed by atoms with Crippen LogP contribution in [0.3, 0.4) is 0 Å². The Labute approximate surface area is 161 Å². The van der Waals surface area contributed by atoms with E-state index in [4.69, 9.17) is 9.47 Å². The van der Waals surface area contributed by atoms with Gasteiger partial charge in [0.25, 0.3) is 5.56 Å². The van der Waals surface area contributed by atoms with E-state index in [-0.39, 0.29) is 5.56 Å². The van der Waals surface area contributed by atoms with Gasteiger partial charge in [-0.1, -0.05) is 5.21 Å². The lowest BCUT2D eigenvalue weighted by Crippen LogP contribution is -2.27. The van der Waals surface area contributed by atoms with Crippen LogP contribution in [0, 0.1) is 5.92 Å². The molecule has 1 aliphatic carbocycles. The zero-order chi connectivity index (χ0) is 19.7. The third kappa shape index (κ3) is 3.53. The molecular formula is C18H21N7O3. The Kier molecular flexibility index (Phi) is 4.68. The second kappa shape index (κ2) is 7.29. The predicted molar refractivity (Wildman–Crippen MR) is 101 cm³/mol. The van der Waals surface area contributed by atoms with E-state index >= 15 is 0 Å². The van der Waals surface area contributed by atoms with Crippen molar-refractivity contribution in [3.63, 3.8) is 0 Å². The Morgan fingerprint density at radius 1 is 1.39 bits per heavy atom. The van der Waals surface area contributed by atoms with Gasteiger partial charge in [0.2, 0.25) is 5.88 Å². The van der Waals surface area contributed by atoms with Crippen molar-refractivity contribution in [2.24, 2.45) is 13.0 Å². The Bertz CT molecular complexity index is 1000. The molecule has 2 atom stereocenters. The van der Waals surface area contributed by atoms with Gasteiger partial charge in [-0.15, -0.1) is 10.2 Å². The van der Waals surface area contributed by atoms with Gasteiger partial charge in [-0.25, -0.2) is 4.68 Å². The van der Waals surface area contributed by atoms with Crippen molar-refractivity contribution >= 4 is 11.5 Å². The van der Waals surface area contributed by atoms with Gasteiger partial charge in [-0.2, -0.15) is 0 Å². The van der Waals surface area contributed by atoms with E-state index in [0.717, 1.165) is 17.9 Å². The highest BCUT2D eigenvalue weighted by Gasteiger charge is 2.40. The summed E-state index contributed by atoms with van der Waals surface area (Å²) in [5.74, 6) is 2.41. The molecule has 0 aliphatic heterocycles. The first-order valence-corrected chi connectivity index (χ1v) is 8.88. The number of anilines is 2. The lowest BCUT2D eigenvalue weighted by Gasteiger charge is -2.16. The second-order valence-electron chi connectivity index (χ2n) is 6.72. The van der Waals surface area contributed by atoms with Crippen molar-refractivity contribution in [1.82, 2.24) is 30.2 Å². The summed E-state index contributed by atoms with van der Waals surface area (Å²) in [6, 6.07) is 5.53. The summed E-state index contributed by atoms with van der Waals surface area (Å²) in [5, 5.41) is 14.4. The van der Waals surface area contributed by atoms with E-state index in [1.165, 1.54) is 4.68 Å². The molecule has 28 heavy (non-hydrogen) atoms. The van der Waals surface area contributed by atoms with E-state index in [0.29, 0.717) is 35.8 Å². The number of nitrogens with one attached hydrogen (secondary N) is 1. The van der Waals surface area contributed by atoms with Gasteiger partial charge in [0.15, 0.2) is 5.82 Å². The van der Waals surface area contributed by atoms with Crippen LogP contribution < -0.4 is 19.9 Å². The number of rotatable bonds is 7. The molecule has 0 amide bonds. The molecule has 0 spiro atoms. The number of ether oxygens (including phenoxy) is 2. The highest BCUT2D eigenvalue weighted by Crippen LogP contribution is 2.46. The molecule has 3 aromatic rings. The number of aromatic nitrogens is 6. The molecule has 0 aromatic carbocycles. The molecule has 0 radical (unpaired) electrons. The van der Waals surface area contributed by atoms with E-state index in [9.17, 15) is 4.79 Å². The molecule has 146 valence electrons. The molecule has 0 bridgehead atoms. The Morgan fingerprint density at radius 3 is 2.93 bits per heavy atom. The van der Waals surface area contributed by atoms with Gasteiger partial charge in [-0.05, 0) is 18.6 Å². The van der Waals surface area contributed by atoms with Crippen LogP contribution in [0.4, 0.5) is 11.5 Å². The van der Waals surface area contributed by atoms with Gasteiger partial charge >= 0.3 is 0 Å². The van der Waals surface area contributed by atoms with E-state index in [1.807, 2.05) is 12.1 Å². The quantitative estimate of drug-likeness (QED) is 0.649. The zero-order valence-corrected chi connectivity index (χ0v) is 15.9. The number of hydrogen-bond acceptors (Lipinski definition) is 8. The SMILES string of the molecule is COc1ccc([C@H]2C[C@@H]2COc2cc(N(C)c3c[nH]nn3)c(=O)n(C)n2)nc1. The minimum atomic E-state index is -0.246. The molecule has 3 heterocycles. The van der Waals surface area contributed by atoms with Gasteiger partial charge in [-0.3, -0.25) is 14.9 Å². The maximum atomic E-state index is 12.4. The highest BCUT2D eigenvalue weighted by molar-refractivity contribution is 5.57. The summed E-state index contributed by atoms with van der Waals surface area (Å²) >= 11 is 0. The van der Waals surface area contributed by atoms with Gasteiger partial charge in [0.05, 0.1) is 26.1 Å². The lowest BCUT2D eigenvalue weighted by atomic mass is 10.2. The maximum absolute atomic E-state index is 12.4. The topological polar surface area (TPSA) is 111 Å². The van der Waals surface area contributed by atoms with Crippen molar-refractivity contribution in [3.05, 3.63) is 46.6 Å². The summed E-state index contributed by atoms with van der Waals surface area (Å²) in [6.45, 7) is 0.511. The first-order chi connectivity index (χ1) is 13.6. The molecule has 10 heteroatoms. The lowest BCUT2D eigenvalue weighted by molar-refractivity contribution is 0.278. The Morgan fingerprint density at radius 2 is 2.25 bits per heavy atom. The van der Waals surface area contributed by atoms with Crippen LogP contribution in [-0.2, 0) is 7.05 Å². The number of aryl methyl sites for hydroxylation is 1. The van der Waals surface area contributed by atoms with Crippen LogP contribution in [0.25, 0.3) is 0 Å². The fourth-order valence-corrected chi connectivity index (χ4v) is 3.08. The molecule has 10 nitrogen and oxygen atoms in total.